The van der Waals surface area contributed by atoms with Crippen LogP contribution >= 0.6 is 0 Å². The second-order valence-electron chi connectivity index (χ2n) is 3.64. The molecule has 19 heavy (non-hydrogen) atoms. The summed E-state index contributed by atoms with van der Waals surface area (Å²) in [5, 5.41) is 11.2. The van der Waals surface area contributed by atoms with Gasteiger partial charge in [0.25, 0.3) is 0 Å². The molecule has 8 heteroatoms. The average Bonchev–Trinajstić information content (AvgIpc) is 2.35. The first-order valence-corrected chi connectivity index (χ1v) is 5.23. The Morgan fingerprint density at radius 1 is 1.26 bits per heavy atom. The molecule has 0 saturated carbocycles. The minimum absolute atomic E-state index is 0.0576. The van der Waals surface area contributed by atoms with Crippen LogP contribution in [-0.2, 0) is 11.2 Å². The van der Waals surface area contributed by atoms with Gasteiger partial charge in [-0.15, -0.1) is 0 Å². The molecule has 0 radical (unpaired) electrons. The molecule has 0 fully saturated rings. The Hall–Kier alpha value is -1.96. The van der Waals surface area contributed by atoms with Gasteiger partial charge in [0.05, 0.1) is 0 Å². The highest BCUT2D eigenvalue weighted by Gasteiger charge is 2.27. The molecule has 3 N–H and O–H groups in total. The molecular weight excluding hydrogens is 265 g/mol. The van der Waals surface area contributed by atoms with Gasteiger partial charge in [-0.25, -0.2) is 0 Å². The number of rotatable bonds is 6. The van der Waals surface area contributed by atoms with E-state index in [2.05, 4.69) is 9.89 Å². The summed E-state index contributed by atoms with van der Waals surface area (Å²) >= 11 is 0. The van der Waals surface area contributed by atoms with Crippen LogP contribution in [0.15, 0.2) is 29.4 Å². The molecular formula is C11H13F3N2O3. The van der Waals surface area contributed by atoms with Crippen molar-refractivity contribution < 1.29 is 27.9 Å². The van der Waals surface area contributed by atoms with E-state index in [1.165, 1.54) is 0 Å². The monoisotopic (exact) mass is 278 g/mol. The van der Waals surface area contributed by atoms with Crippen molar-refractivity contribution in [3.63, 3.8) is 0 Å². The molecule has 0 aliphatic heterocycles. The van der Waals surface area contributed by atoms with E-state index in [0.29, 0.717) is 5.75 Å². The first-order chi connectivity index (χ1) is 8.90. The van der Waals surface area contributed by atoms with Gasteiger partial charge in [0.15, 0.2) is 6.79 Å². The van der Waals surface area contributed by atoms with E-state index in [1.807, 2.05) is 0 Å². The number of nitrogens with two attached hydrogens (primary N) is 1. The van der Waals surface area contributed by atoms with Crippen LogP contribution in [0.2, 0.25) is 0 Å². The van der Waals surface area contributed by atoms with Crippen molar-refractivity contribution in [1.82, 2.24) is 0 Å². The molecule has 1 aromatic carbocycles. The first-order valence-electron chi connectivity index (χ1n) is 5.23. The van der Waals surface area contributed by atoms with Gasteiger partial charge in [-0.1, -0.05) is 17.3 Å². The summed E-state index contributed by atoms with van der Waals surface area (Å²) < 4.78 is 44.5. The highest BCUT2D eigenvalue weighted by atomic mass is 19.4. The molecule has 0 amide bonds. The smallest absolute Gasteiger partial charge is 0.411 e. The lowest BCUT2D eigenvalue weighted by atomic mass is 10.1. The lowest BCUT2D eigenvalue weighted by Crippen LogP contribution is -2.19. The first kappa shape index (κ1) is 15.1. The largest absolute Gasteiger partial charge is 0.468 e. The zero-order chi connectivity index (χ0) is 14.3. The average molecular weight is 278 g/mol. The van der Waals surface area contributed by atoms with E-state index in [4.69, 9.17) is 15.7 Å². The van der Waals surface area contributed by atoms with E-state index >= 15 is 0 Å². The topological polar surface area (TPSA) is 77.1 Å². The van der Waals surface area contributed by atoms with Crippen LogP contribution in [-0.4, -0.2) is 30.6 Å². The van der Waals surface area contributed by atoms with Gasteiger partial charge >= 0.3 is 6.18 Å². The summed E-state index contributed by atoms with van der Waals surface area (Å²) in [7, 11) is 0. The highest BCUT2D eigenvalue weighted by Crippen LogP contribution is 2.16. The number of nitrogens with zero attached hydrogens (tertiary/aromatic N) is 1. The molecule has 5 nitrogen and oxygen atoms in total. The van der Waals surface area contributed by atoms with Gasteiger partial charge in [0, 0.05) is 6.42 Å². The van der Waals surface area contributed by atoms with Gasteiger partial charge in [-0.2, -0.15) is 13.2 Å². The predicted octanol–water partition coefficient (Wildman–Crippen LogP) is 1.89. The zero-order valence-corrected chi connectivity index (χ0v) is 9.85. The molecule has 106 valence electrons. The zero-order valence-electron chi connectivity index (χ0n) is 9.85. The number of halogens is 3. The lowest BCUT2D eigenvalue weighted by Gasteiger charge is -2.09. The summed E-state index contributed by atoms with van der Waals surface area (Å²) in [6.45, 7) is -1.84. The maximum atomic E-state index is 11.8. The Morgan fingerprint density at radius 2 is 1.89 bits per heavy atom. The second-order valence-corrected chi connectivity index (χ2v) is 3.64. The van der Waals surface area contributed by atoms with Crippen molar-refractivity contribution in [2.75, 3.05) is 13.4 Å². The van der Waals surface area contributed by atoms with Crippen molar-refractivity contribution in [2.24, 2.45) is 10.9 Å². The highest BCUT2D eigenvalue weighted by molar-refractivity contribution is 5.81. The van der Waals surface area contributed by atoms with E-state index < -0.39 is 19.6 Å². The number of amidine groups is 1. The molecule has 0 aliphatic rings. The Bertz CT molecular complexity index is 418. The van der Waals surface area contributed by atoms with Crippen LogP contribution < -0.4 is 10.5 Å². The Labute approximate surface area is 107 Å². The van der Waals surface area contributed by atoms with Gasteiger partial charge in [-0.3, -0.25) is 0 Å². The summed E-state index contributed by atoms with van der Waals surface area (Å²) in [5.41, 5.74) is 6.10. The minimum Gasteiger partial charge on any atom is -0.468 e. The number of benzene rings is 1. The van der Waals surface area contributed by atoms with E-state index in [-0.39, 0.29) is 12.3 Å². The van der Waals surface area contributed by atoms with Gasteiger partial charge in [0.2, 0.25) is 0 Å². The van der Waals surface area contributed by atoms with E-state index in [9.17, 15) is 13.2 Å². The van der Waals surface area contributed by atoms with Gasteiger partial charge < -0.3 is 20.4 Å². The van der Waals surface area contributed by atoms with Crippen molar-refractivity contribution in [3.05, 3.63) is 29.8 Å². The van der Waals surface area contributed by atoms with Gasteiger partial charge in [-0.05, 0) is 17.7 Å². The summed E-state index contributed by atoms with van der Waals surface area (Å²) in [4.78, 5) is 0. The van der Waals surface area contributed by atoms with Gasteiger partial charge in [0.1, 0.15) is 18.2 Å². The lowest BCUT2D eigenvalue weighted by molar-refractivity contribution is -0.186. The molecule has 0 heterocycles. The summed E-state index contributed by atoms with van der Waals surface area (Å²) in [6, 6.07) is 6.40. The van der Waals surface area contributed by atoms with Crippen LogP contribution in [0.25, 0.3) is 0 Å². The number of hydrogen-bond donors (Lipinski definition) is 2. The molecule has 0 spiro atoms. The molecule has 0 aromatic heterocycles. The number of alkyl halides is 3. The fourth-order valence-corrected chi connectivity index (χ4v) is 1.22. The number of hydrogen-bond acceptors (Lipinski definition) is 4. The summed E-state index contributed by atoms with van der Waals surface area (Å²) in [6.07, 6.45) is -4.10. The summed E-state index contributed by atoms with van der Waals surface area (Å²) in [5.74, 6) is 0.424. The quantitative estimate of drug-likeness (QED) is 0.208. The van der Waals surface area contributed by atoms with Crippen molar-refractivity contribution in [3.8, 4) is 5.75 Å². The number of ether oxygens (including phenoxy) is 2. The third kappa shape index (κ3) is 6.51. The van der Waals surface area contributed by atoms with Crippen LogP contribution in [0.4, 0.5) is 13.2 Å². The Kier molecular flexibility index (Phi) is 5.43. The normalized spacial score (nSPS) is 12.5. The molecule has 0 aliphatic carbocycles. The molecule has 1 rings (SSSR count). The molecule has 1 aromatic rings. The molecule has 0 saturated heterocycles. The molecule has 0 unspecified atom stereocenters. The Balaban J connectivity index is 2.36. The molecule has 0 atom stereocenters. The Morgan fingerprint density at radius 3 is 2.42 bits per heavy atom. The van der Waals surface area contributed by atoms with E-state index in [1.54, 1.807) is 24.3 Å². The standard InChI is InChI=1S/C11H13F3N2O3/c12-11(13,14)6-18-7-19-9-3-1-8(2-4-9)5-10(15)16-17/h1-4,17H,5-7H2,(H2,15,16). The van der Waals surface area contributed by atoms with Crippen molar-refractivity contribution in [1.29, 1.82) is 0 Å². The third-order valence-corrected chi connectivity index (χ3v) is 2.01. The van der Waals surface area contributed by atoms with Crippen LogP contribution in [0.1, 0.15) is 5.56 Å². The maximum absolute atomic E-state index is 11.8. The van der Waals surface area contributed by atoms with E-state index in [0.717, 1.165) is 5.56 Å². The predicted molar refractivity (Wildman–Crippen MR) is 61.1 cm³/mol. The SMILES string of the molecule is N/C(Cc1ccc(OCOCC(F)(F)F)cc1)=N/O. The van der Waals surface area contributed by atoms with Crippen LogP contribution in [0, 0.1) is 0 Å². The van der Waals surface area contributed by atoms with Crippen LogP contribution in [0.3, 0.4) is 0 Å². The van der Waals surface area contributed by atoms with Crippen LogP contribution in [0.5, 0.6) is 5.75 Å². The maximum Gasteiger partial charge on any atom is 0.411 e. The number of oxime groups is 1. The fourth-order valence-electron chi connectivity index (χ4n) is 1.22. The second kappa shape index (κ2) is 6.83. The molecule has 0 bridgehead atoms. The fraction of sp³-hybridized carbons (Fsp3) is 0.364. The minimum atomic E-state index is -4.37. The van der Waals surface area contributed by atoms with Crippen molar-refractivity contribution >= 4 is 5.84 Å². The third-order valence-electron chi connectivity index (χ3n) is 2.01. The van der Waals surface area contributed by atoms with Crippen molar-refractivity contribution in [2.45, 2.75) is 12.6 Å².